The molecule has 8 heteroatoms. The molecule has 0 radical (unpaired) electrons. The second kappa shape index (κ2) is 5.15. The number of thioether (sulfide) groups is 1. The SMILES string of the molecule is O=C(O)CSc1nnnn1-c1cccc(Cl)c1. The van der Waals surface area contributed by atoms with E-state index in [1.165, 1.54) is 4.68 Å². The van der Waals surface area contributed by atoms with Gasteiger partial charge in [-0.2, -0.15) is 4.68 Å². The molecule has 0 amide bonds. The van der Waals surface area contributed by atoms with Crippen LogP contribution in [0.15, 0.2) is 29.4 Å². The highest BCUT2D eigenvalue weighted by molar-refractivity contribution is 7.99. The summed E-state index contributed by atoms with van der Waals surface area (Å²) in [7, 11) is 0. The minimum absolute atomic E-state index is 0.0963. The highest BCUT2D eigenvalue weighted by Crippen LogP contribution is 2.20. The second-order valence-corrected chi connectivity index (χ2v) is 4.41. The first-order chi connectivity index (χ1) is 8.16. The predicted molar refractivity (Wildman–Crippen MR) is 62.5 cm³/mol. The number of hydrogen-bond acceptors (Lipinski definition) is 5. The van der Waals surface area contributed by atoms with Crippen LogP contribution in [-0.4, -0.2) is 37.0 Å². The lowest BCUT2D eigenvalue weighted by atomic mass is 10.3. The van der Waals surface area contributed by atoms with Crippen molar-refractivity contribution >= 4 is 29.3 Å². The Bertz CT molecular complexity index is 545. The molecule has 2 rings (SSSR count). The molecule has 1 aromatic heterocycles. The number of carboxylic acids is 1. The fourth-order valence-electron chi connectivity index (χ4n) is 1.17. The van der Waals surface area contributed by atoms with Crippen molar-refractivity contribution in [2.24, 2.45) is 0 Å². The highest BCUT2D eigenvalue weighted by Gasteiger charge is 2.10. The first-order valence-corrected chi connectivity index (χ1v) is 5.92. The number of carbonyl (C=O) groups is 1. The van der Waals surface area contributed by atoms with E-state index in [4.69, 9.17) is 16.7 Å². The number of rotatable bonds is 4. The molecule has 0 atom stereocenters. The molecular formula is C9H7ClN4O2S. The Kier molecular flexibility index (Phi) is 3.60. The van der Waals surface area contributed by atoms with Crippen LogP contribution in [0.3, 0.4) is 0 Å². The van der Waals surface area contributed by atoms with Gasteiger partial charge in [-0.15, -0.1) is 5.10 Å². The van der Waals surface area contributed by atoms with Crippen molar-refractivity contribution in [3.63, 3.8) is 0 Å². The quantitative estimate of drug-likeness (QED) is 0.848. The lowest BCUT2D eigenvalue weighted by Gasteiger charge is -2.03. The van der Waals surface area contributed by atoms with Crippen molar-refractivity contribution in [1.82, 2.24) is 20.2 Å². The number of halogens is 1. The van der Waals surface area contributed by atoms with Gasteiger partial charge < -0.3 is 5.11 Å². The monoisotopic (exact) mass is 270 g/mol. The van der Waals surface area contributed by atoms with E-state index < -0.39 is 5.97 Å². The summed E-state index contributed by atoms with van der Waals surface area (Å²) in [5.41, 5.74) is 0.690. The summed E-state index contributed by atoms with van der Waals surface area (Å²) in [5, 5.41) is 20.6. The Morgan fingerprint density at radius 2 is 2.35 bits per heavy atom. The van der Waals surface area contributed by atoms with Gasteiger partial charge in [-0.1, -0.05) is 29.4 Å². The van der Waals surface area contributed by atoms with E-state index in [-0.39, 0.29) is 5.75 Å². The number of benzene rings is 1. The molecule has 2 aromatic rings. The number of tetrazole rings is 1. The maximum absolute atomic E-state index is 10.5. The van der Waals surface area contributed by atoms with Gasteiger partial charge in [0.05, 0.1) is 11.4 Å². The van der Waals surface area contributed by atoms with Gasteiger partial charge in [0.1, 0.15) is 0 Å². The zero-order chi connectivity index (χ0) is 12.3. The van der Waals surface area contributed by atoms with Gasteiger partial charge in [0.2, 0.25) is 5.16 Å². The van der Waals surface area contributed by atoms with Gasteiger partial charge in [0.15, 0.2) is 0 Å². The molecule has 0 saturated heterocycles. The van der Waals surface area contributed by atoms with Crippen LogP contribution < -0.4 is 0 Å². The van der Waals surface area contributed by atoms with E-state index >= 15 is 0 Å². The average Bonchev–Trinajstić information content (AvgIpc) is 2.74. The van der Waals surface area contributed by atoms with E-state index in [0.717, 1.165) is 11.8 Å². The summed E-state index contributed by atoms with van der Waals surface area (Å²) in [6.07, 6.45) is 0. The molecule has 1 heterocycles. The van der Waals surface area contributed by atoms with E-state index in [9.17, 15) is 4.79 Å². The summed E-state index contributed by atoms with van der Waals surface area (Å²) in [6.45, 7) is 0. The molecule has 0 aliphatic rings. The Hall–Kier alpha value is -1.60. The van der Waals surface area contributed by atoms with Gasteiger partial charge >= 0.3 is 5.97 Å². The largest absolute Gasteiger partial charge is 0.481 e. The Morgan fingerprint density at radius 1 is 1.53 bits per heavy atom. The maximum atomic E-state index is 10.5. The van der Waals surface area contributed by atoms with Crippen molar-refractivity contribution < 1.29 is 9.90 Å². The lowest BCUT2D eigenvalue weighted by Crippen LogP contribution is -2.02. The minimum atomic E-state index is -0.921. The second-order valence-electron chi connectivity index (χ2n) is 3.04. The molecule has 0 unspecified atom stereocenters. The van der Waals surface area contributed by atoms with E-state index in [2.05, 4.69) is 15.5 Å². The fraction of sp³-hybridized carbons (Fsp3) is 0.111. The van der Waals surface area contributed by atoms with Crippen LogP contribution in [0.5, 0.6) is 0 Å². The van der Waals surface area contributed by atoms with Crippen LogP contribution >= 0.6 is 23.4 Å². The molecular weight excluding hydrogens is 264 g/mol. The van der Waals surface area contributed by atoms with E-state index in [0.29, 0.717) is 15.9 Å². The summed E-state index contributed by atoms with van der Waals surface area (Å²) in [5.74, 6) is -1.02. The average molecular weight is 271 g/mol. The lowest BCUT2D eigenvalue weighted by molar-refractivity contribution is -0.133. The normalized spacial score (nSPS) is 10.4. The number of aliphatic carboxylic acids is 1. The summed E-state index contributed by atoms with van der Waals surface area (Å²) >= 11 is 6.91. The topological polar surface area (TPSA) is 80.9 Å². The van der Waals surface area contributed by atoms with Crippen LogP contribution in [0.1, 0.15) is 0 Å². The van der Waals surface area contributed by atoms with Crippen LogP contribution in [0.2, 0.25) is 5.02 Å². The first kappa shape index (κ1) is 11.9. The van der Waals surface area contributed by atoms with Gasteiger partial charge in [0.25, 0.3) is 0 Å². The summed E-state index contributed by atoms with van der Waals surface area (Å²) in [4.78, 5) is 10.5. The third-order valence-electron chi connectivity index (χ3n) is 1.82. The van der Waals surface area contributed by atoms with Crippen LogP contribution in [0.25, 0.3) is 5.69 Å². The molecule has 17 heavy (non-hydrogen) atoms. The third kappa shape index (κ3) is 2.95. The molecule has 1 N–H and O–H groups in total. The first-order valence-electron chi connectivity index (χ1n) is 4.56. The van der Waals surface area contributed by atoms with Gasteiger partial charge in [-0.3, -0.25) is 4.79 Å². The molecule has 0 aliphatic carbocycles. The van der Waals surface area contributed by atoms with Crippen molar-refractivity contribution in [3.05, 3.63) is 29.3 Å². The van der Waals surface area contributed by atoms with Crippen molar-refractivity contribution in [1.29, 1.82) is 0 Å². The third-order valence-corrected chi connectivity index (χ3v) is 2.96. The maximum Gasteiger partial charge on any atom is 0.313 e. The molecule has 0 spiro atoms. The Labute approximate surface area is 106 Å². The standard InChI is InChI=1S/C9H7ClN4O2S/c10-6-2-1-3-7(4-6)14-9(11-12-13-14)17-5-8(15)16/h1-4H,5H2,(H,15,16). The predicted octanol–water partition coefficient (Wildman–Crippen LogP) is 1.49. The molecule has 0 saturated carbocycles. The highest BCUT2D eigenvalue weighted by atomic mass is 35.5. The molecule has 1 aromatic carbocycles. The smallest absolute Gasteiger partial charge is 0.313 e. The van der Waals surface area contributed by atoms with Crippen LogP contribution in [0.4, 0.5) is 0 Å². The van der Waals surface area contributed by atoms with E-state index in [1.54, 1.807) is 24.3 Å². The summed E-state index contributed by atoms with van der Waals surface area (Å²) < 4.78 is 1.44. The zero-order valence-electron chi connectivity index (χ0n) is 8.45. The Balaban J connectivity index is 2.27. The number of hydrogen-bond donors (Lipinski definition) is 1. The fourth-order valence-corrected chi connectivity index (χ4v) is 1.96. The molecule has 6 nitrogen and oxygen atoms in total. The van der Waals surface area contributed by atoms with Gasteiger partial charge in [0, 0.05) is 5.02 Å². The van der Waals surface area contributed by atoms with Crippen LogP contribution in [0, 0.1) is 0 Å². The number of aromatic nitrogens is 4. The minimum Gasteiger partial charge on any atom is -0.481 e. The summed E-state index contributed by atoms with van der Waals surface area (Å²) in [6, 6.07) is 6.99. The molecule has 0 aliphatic heterocycles. The Morgan fingerprint density at radius 3 is 3.06 bits per heavy atom. The van der Waals surface area contributed by atoms with Gasteiger partial charge in [-0.25, -0.2) is 0 Å². The van der Waals surface area contributed by atoms with Crippen molar-refractivity contribution in [2.75, 3.05) is 5.75 Å². The van der Waals surface area contributed by atoms with Gasteiger partial charge in [-0.05, 0) is 28.6 Å². The zero-order valence-corrected chi connectivity index (χ0v) is 10.0. The van der Waals surface area contributed by atoms with Crippen LogP contribution in [-0.2, 0) is 4.79 Å². The molecule has 88 valence electrons. The van der Waals surface area contributed by atoms with Crippen molar-refractivity contribution in [3.8, 4) is 5.69 Å². The number of carboxylic acid groups (broad SMARTS) is 1. The molecule has 0 fully saturated rings. The number of nitrogens with zero attached hydrogens (tertiary/aromatic N) is 4. The van der Waals surface area contributed by atoms with Crippen molar-refractivity contribution in [2.45, 2.75) is 5.16 Å². The van der Waals surface area contributed by atoms with E-state index in [1.807, 2.05) is 0 Å². The molecule has 0 bridgehead atoms.